The van der Waals surface area contributed by atoms with Crippen LogP contribution in [0.3, 0.4) is 0 Å². The van der Waals surface area contributed by atoms with Crippen molar-refractivity contribution in [2.75, 3.05) is 0 Å². The predicted octanol–water partition coefficient (Wildman–Crippen LogP) is 2.79. The van der Waals surface area contributed by atoms with Gasteiger partial charge in [-0.2, -0.15) is 0 Å². The summed E-state index contributed by atoms with van der Waals surface area (Å²) in [6, 6.07) is 0. The largest absolute Gasteiger partial charge is 0.393 e. The molecule has 3 atom stereocenters. The van der Waals surface area contributed by atoms with Gasteiger partial charge in [-0.3, -0.25) is 4.79 Å². The Hall–Kier alpha value is -0.370. The lowest BCUT2D eigenvalue weighted by molar-refractivity contribution is -0.132. The van der Waals surface area contributed by atoms with Crippen LogP contribution in [0.15, 0.2) is 0 Å². The molecular weight excluding hydrogens is 188 g/mol. The monoisotopic (exact) mass is 212 g/mol. The molecule has 0 heterocycles. The van der Waals surface area contributed by atoms with Crippen LogP contribution in [0, 0.1) is 17.3 Å². The maximum absolute atomic E-state index is 12.1. The van der Waals surface area contributed by atoms with Crippen LogP contribution in [0.25, 0.3) is 0 Å². The highest BCUT2D eigenvalue weighted by atomic mass is 16.3. The lowest BCUT2D eigenvalue weighted by atomic mass is 9.62. The Morgan fingerprint density at radius 3 is 2.60 bits per heavy atom. The van der Waals surface area contributed by atoms with Gasteiger partial charge in [0.1, 0.15) is 5.78 Å². The van der Waals surface area contributed by atoms with Crippen molar-refractivity contribution in [3.05, 3.63) is 0 Å². The Morgan fingerprint density at radius 2 is 2.13 bits per heavy atom. The zero-order valence-corrected chi connectivity index (χ0v) is 10.4. The van der Waals surface area contributed by atoms with Crippen LogP contribution in [-0.4, -0.2) is 17.0 Å². The van der Waals surface area contributed by atoms with Crippen molar-refractivity contribution in [1.82, 2.24) is 0 Å². The maximum Gasteiger partial charge on any atom is 0.139 e. The molecule has 2 heteroatoms. The van der Waals surface area contributed by atoms with Crippen LogP contribution in [-0.2, 0) is 4.79 Å². The number of hydrogen-bond acceptors (Lipinski definition) is 2. The molecule has 0 spiro atoms. The third-order valence-electron chi connectivity index (χ3n) is 3.74. The van der Waals surface area contributed by atoms with Gasteiger partial charge in [0.25, 0.3) is 0 Å². The fraction of sp³-hybridized carbons (Fsp3) is 0.923. The second kappa shape index (κ2) is 4.65. The first-order chi connectivity index (χ1) is 6.84. The SMILES string of the molecule is CC(O)CC(=O)[C@H]1[C@@H](C)CCCC1(C)C. The molecule has 0 saturated heterocycles. The van der Waals surface area contributed by atoms with Crippen LogP contribution in [0.4, 0.5) is 0 Å². The average molecular weight is 212 g/mol. The summed E-state index contributed by atoms with van der Waals surface area (Å²) in [4.78, 5) is 12.1. The highest BCUT2D eigenvalue weighted by molar-refractivity contribution is 5.82. The summed E-state index contributed by atoms with van der Waals surface area (Å²) in [6.45, 7) is 8.24. The minimum absolute atomic E-state index is 0.115. The molecule has 2 nitrogen and oxygen atoms in total. The van der Waals surface area contributed by atoms with Crippen molar-refractivity contribution in [3.63, 3.8) is 0 Å². The number of rotatable bonds is 3. The molecule has 1 rings (SSSR count). The van der Waals surface area contributed by atoms with Gasteiger partial charge in [0.15, 0.2) is 0 Å². The zero-order valence-electron chi connectivity index (χ0n) is 10.4. The summed E-state index contributed by atoms with van der Waals surface area (Å²) in [5.74, 6) is 0.864. The van der Waals surface area contributed by atoms with Gasteiger partial charge in [-0.05, 0) is 31.1 Å². The quantitative estimate of drug-likeness (QED) is 0.781. The molecule has 0 aromatic heterocycles. The Kier molecular flexibility index (Phi) is 3.93. The molecule has 0 aliphatic heterocycles. The molecule has 1 N–H and O–H groups in total. The smallest absolute Gasteiger partial charge is 0.139 e. The van der Waals surface area contributed by atoms with E-state index in [2.05, 4.69) is 20.8 Å². The van der Waals surface area contributed by atoms with Crippen molar-refractivity contribution in [3.8, 4) is 0 Å². The summed E-state index contributed by atoms with van der Waals surface area (Å²) >= 11 is 0. The minimum atomic E-state index is -0.498. The van der Waals surface area contributed by atoms with E-state index in [1.165, 1.54) is 6.42 Å². The Balaban J connectivity index is 2.74. The summed E-state index contributed by atoms with van der Waals surface area (Å²) in [5.41, 5.74) is 0.115. The summed E-state index contributed by atoms with van der Waals surface area (Å²) < 4.78 is 0. The van der Waals surface area contributed by atoms with Crippen molar-refractivity contribution < 1.29 is 9.90 Å². The first-order valence-corrected chi connectivity index (χ1v) is 6.05. The van der Waals surface area contributed by atoms with Crippen molar-refractivity contribution in [2.45, 2.75) is 59.5 Å². The van der Waals surface area contributed by atoms with Crippen LogP contribution in [0.2, 0.25) is 0 Å². The average Bonchev–Trinajstić information content (AvgIpc) is 1.99. The van der Waals surface area contributed by atoms with Gasteiger partial charge in [-0.25, -0.2) is 0 Å². The van der Waals surface area contributed by atoms with Gasteiger partial charge in [0, 0.05) is 12.3 Å². The number of aliphatic hydroxyl groups is 1. The molecule has 0 aromatic rings. The Morgan fingerprint density at radius 1 is 1.53 bits per heavy atom. The first kappa shape index (κ1) is 12.7. The second-order valence-electron chi connectivity index (χ2n) is 5.86. The molecule has 88 valence electrons. The summed E-state index contributed by atoms with van der Waals surface area (Å²) in [5, 5.41) is 9.29. The van der Waals surface area contributed by atoms with Crippen LogP contribution in [0.5, 0.6) is 0 Å². The minimum Gasteiger partial charge on any atom is -0.393 e. The molecule has 1 aliphatic carbocycles. The van der Waals surface area contributed by atoms with Gasteiger partial charge < -0.3 is 5.11 Å². The van der Waals surface area contributed by atoms with Crippen LogP contribution >= 0.6 is 0 Å². The van der Waals surface area contributed by atoms with E-state index >= 15 is 0 Å². The predicted molar refractivity (Wildman–Crippen MR) is 61.6 cm³/mol. The Bertz CT molecular complexity index is 231. The molecule has 1 saturated carbocycles. The zero-order chi connectivity index (χ0) is 11.6. The molecule has 1 fully saturated rings. The van der Waals surface area contributed by atoms with E-state index in [1.54, 1.807) is 6.92 Å². The van der Waals surface area contributed by atoms with Crippen molar-refractivity contribution in [2.24, 2.45) is 17.3 Å². The number of carbonyl (C=O) groups excluding carboxylic acids is 1. The highest BCUT2D eigenvalue weighted by Gasteiger charge is 2.41. The van der Waals surface area contributed by atoms with Gasteiger partial charge >= 0.3 is 0 Å². The fourth-order valence-electron chi connectivity index (χ4n) is 3.14. The number of aliphatic hydroxyl groups excluding tert-OH is 1. The van der Waals surface area contributed by atoms with Gasteiger partial charge in [-0.1, -0.05) is 27.2 Å². The molecular formula is C13H24O2. The topological polar surface area (TPSA) is 37.3 Å². The molecule has 1 aliphatic rings. The third-order valence-corrected chi connectivity index (χ3v) is 3.74. The van der Waals surface area contributed by atoms with Gasteiger partial charge in [0.05, 0.1) is 6.10 Å². The first-order valence-electron chi connectivity index (χ1n) is 6.05. The van der Waals surface area contributed by atoms with E-state index in [4.69, 9.17) is 0 Å². The molecule has 15 heavy (non-hydrogen) atoms. The molecule has 0 amide bonds. The molecule has 0 aromatic carbocycles. The van der Waals surface area contributed by atoms with Gasteiger partial charge in [0.2, 0.25) is 0 Å². The lowest BCUT2D eigenvalue weighted by Crippen LogP contribution is -2.40. The van der Waals surface area contributed by atoms with Crippen LogP contribution < -0.4 is 0 Å². The van der Waals surface area contributed by atoms with Crippen molar-refractivity contribution >= 4 is 5.78 Å². The number of carbonyl (C=O) groups is 1. The molecule has 0 radical (unpaired) electrons. The second-order valence-corrected chi connectivity index (χ2v) is 5.86. The molecule has 1 unspecified atom stereocenters. The van der Waals surface area contributed by atoms with E-state index in [0.29, 0.717) is 12.3 Å². The molecule has 0 bridgehead atoms. The standard InChI is InChI=1S/C13H24O2/c1-9-6-5-7-13(3,4)12(9)11(15)8-10(2)14/h9-10,12,14H,5-8H2,1-4H3/t9-,10?,12+/m0/s1. The van der Waals surface area contributed by atoms with Crippen molar-refractivity contribution in [1.29, 1.82) is 0 Å². The number of ketones is 1. The fourth-order valence-corrected chi connectivity index (χ4v) is 3.14. The number of Topliss-reactive ketones (excluding diaryl/α,β-unsaturated/α-hetero) is 1. The maximum atomic E-state index is 12.1. The normalized spacial score (nSPS) is 32.3. The van der Waals surface area contributed by atoms with E-state index in [-0.39, 0.29) is 17.1 Å². The van der Waals surface area contributed by atoms with E-state index < -0.39 is 6.10 Å². The lowest BCUT2D eigenvalue weighted by Gasteiger charge is -2.42. The third kappa shape index (κ3) is 3.04. The Labute approximate surface area is 93.1 Å². The highest BCUT2D eigenvalue weighted by Crippen LogP contribution is 2.44. The number of hydrogen-bond donors (Lipinski definition) is 1. The van der Waals surface area contributed by atoms with Gasteiger partial charge in [-0.15, -0.1) is 0 Å². The van der Waals surface area contributed by atoms with Crippen LogP contribution in [0.1, 0.15) is 53.4 Å². The van der Waals surface area contributed by atoms with E-state index in [0.717, 1.165) is 12.8 Å². The summed E-state index contributed by atoms with van der Waals surface area (Å²) in [7, 11) is 0. The van der Waals surface area contributed by atoms with E-state index in [9.17, 15) is 9.90 Å². The summed E-state index contributed by atoms with van der Waals surface area (Å²) in [6.07, 6.45) is 3.33. The van der Waals surface area contributed by atoms with E-state index in [1.807, 2.05) is 0 Å².